The molecule has 1 aromatic carbocycles. The van der Waals surface area contributed by atoms with E-state index in [1.807, 2.05) is 17.7 Å². The van der Waals surface area contributed by atoms with Gasteiger partial charge in [0, 0.05) is 5.69 Å². The molecule has 0 aliphatic carbocycles. The van der Waals surface area contributed by atoms with Gasteiger partial charge < -0.3 is 9.88 Å². The maximum absolute atomic E-state index is 13.6. The van der Waals surface area contributed by atoms with Gasteiger partial charge in [-0.05, 0) is 45.5 Å². The van der Waals surface area contributed by atoms with Crippen LogP contribution in [0, 0.1) is 12.7 Å². The van der Waals surface area contributed by atoms with Crippen LogP contribution in [0.4, 0.5) is 4.39 Å². The van der Waals surface area contributed by atoms with Crippen molar-refractivity contribution in [1.29, 1.82) is 0 Å². The molecule has 0 aliphatic heterocycles. The number of nitrogens with zero attached hydrogens (tertiary/aromatic N) is 2. The summed E-state index contributed by atoms with van der Waals surface area (Å²) in [5.74, 6) is -0.200. The van der Waals surface area contributed by atoms with Crippen molar-refractivity contribution in [3.63, 3.8) is 0 Å². The molecule has 4 heteroatoms. The number of halogens is 1. The zero-order chi connectivity index (χ0) is 13.3. The van der Waals surface area contributed by atoms with E-state index in [4.69, 9.17) is 0 Å². The molecule has 0 fully saturated rings. The summed E-state index contributed by atoms with van der Waals surface area (Å²) in [6.45, 7) is 5.88. The highest BCUT2D eigenvalue weighted by Gasteiger charge is 2.22. The molecule has 0 saturated heterocycles. The zero-order valence-electron chi connectivity index (χ0n) is 11.2. The summed E-state index contributed by atoms with van der Waals surface area (Å²) in [6, 6.07) is 5.21. The molecule has 0 unspecified atom stereocenters. The van der Waals surface area contributed by atoms with Gasteiger partial charge in [0.2, 0.25) is 0 Å². The average Bonchev–Trinajstić information content (AvgIpc) is 2.82. The van der Waals surface area contributed by atoms with Crippen LogP contribution in [0.5, 0.6) is 0 Å². The lowest BCUT2D eigenvalue weighted by atomic mass is 10.0. The van der Waals surface area contributed by atoms with Crippen LogP contribution >= 0.6 is 0 Å². The van der Waals surface area contributed by atoms with Gasteiger partial charge in [0.25, 0.3) is 0 Å². The van der Waals surface area contributed by atoms with Gasteiger partial charge in [0.05, 0.1) is 23.8 Å². The second-order valence-electron chi connectivity index (χ2n) is 4.96. The molecule has 0 saturated carbocycles. The molecule has 96 valence electrons. The Morgan fingerprint density at radius 2 is 2.06 bits per heavy atom. The molecule has 0 radical (unpaired) electrons. The third-order valence-corrected chi connectivity index (χ3v) is 3.34. The van der Waals surface area contributed by atoms with Crippen molar-refractivity contribution in [2.24, 2.45) is 0 Å². The topological polar surface area (TPSA) is 29.9 Å². The van der Waals surface area contributed by atoms with Gasteiger partial charge >= 0.3 is 0 Å². The molecule has 1 aromatic heterocycles. The molecule has 1 N–H and O–H groups in total. The Morgan fingerprint density at radius 3 is 2.67 bits per heavy atom. The molecular formula is C14H18FN3. The molecule has 0 amide bonds. The Balaban J connectivity index is 2.52. The minimum atomic E-state index is -0.224. The Hall–Kier alpha value is -1.68. The highest BCUT2D eigenvalue weighted by atomic mass is 19.1. The molecule has 3 nitrogen and oxygen atoms in total. The first-order chi connectivity index (χ1) is 8.45. The van der Waals surface area contributed by atoms with E-state index in [9.17, 15) is 4.39 Å². The number of aromatic nitrogens is 2. The summed E-state index contributed by atoms with van der Waals surface area (Å²) in [7, 11) is 1.90. The van der Waals surface area contributed by atoms with E-state index in [0.717, 1.165) is 11.4 Å². The molecular weight excluding hydrogens is 229 g/mol. The van der Waals surface area contributed by atoms with Crippen molar-refractivity contribution < 1.29 is 4.39 Å². The summed E-state index contributed by atoms with van der Waals surface area (Å²) >= 11 is 0. The number of benzene rings is 1. The van der Waals surface area contributed by atoms with Crippen molar-refractivity contribution in [3.8, 4) is 5.69 Å². The minimum Gasteiger partial charge on any atom is -0.310 e. The van der Waals surface area contributed by atoms with Crippen LogP contribution in [0.1, 0.15) is 25.1 Å². The van der Waals surface area contributed by atoms with Crippen molar-refractivity contribution >= 4 is 0 Å². The van der Waals surface area contributed by atoms with Gasteiger partial charge in [-0.3, -0.25) is 0 Å². The fraction of sp³-hybridized carbons (Fsp3) is 0.357. The monoisotopic (exact) mass is 247 g/mol. The van der Waals surface area contributed by atoms with E-state index < -0.39 is 0 Å². The predicted molar refractivity (Wildman–Crippen MR) is 70.3 cm³/mol. The summed E-state index contributed by atoms with van der Waals surface area (Å²) in [6.07, 6.45) is 3.51. The third-order valence-electron chi connectivity index (χ3n) is 3.34. The SMILES string of the molecule is CNC(C)(C)c1cncn1-c1ccc(C)c(F)c1. The Bertz CT molecular complexity index is 558. The molecule has 2 aromatic rings. The quantitative estimate of drug-likeness (QED) is 0.903. The number of hydrogen-bond acceptors (Lipinski definition) is 2. The van der Waals surface area contributed by atoms with Crippen LogP contribution in [0.3, 0.4) is 0 Å². The molecule has 1 heterocycles. The number of hydrogen-bond donors (Lipinski definition) is 1. The van der Waals surface area contributed by atoms with Crippen LogP contribution in [-0.2, 0) is 5.54 Å². The zero-order valence-corrected chi connectivity index (χ0v) is 11.2. The first-order valence-corrected chi connectivity index (χ1v) is 5.94. The van der Waals surface area contributed by atoms with E-state index in [2.05, 4.69) is 24.1 Å². The molecule has 0 aliphatic rings. The molecule has 2 rings (SSSR count). The molecule has 0 spiro atoms. The first-order valence-electron chi connectivity index (χ1n) is 5.94. The van der Waals surface area contributed by atoms with Crippen molar-refractivity contribution in [2.45, 2.75) is 26.3 Å². The van der Waals surface area contributed by atoms with Gasteiger partial charge in [-0.25, -0.2) is 9.37 Å². The van der Waals surface area contributed by atoms with Gasteiger partial charge in [0.15, 0.2) is 0 Å². The Kier molecular flexibility index (Phi) is 3.22. The van der Waals surface area contributed by atoms with Crippen LogP contribution in [0.2, 0.25) is 0 Å². The highest BCUT2D eigenvalue weighted by molar-refractivity contribution is 5.38. The minimum absolute atomic E-state index is 0.200. The third kappa shape index (κ3) is 2.16. The molecule has 0 atom stereocenters. The molecule has 18 heavy (non-hydrogen) atoms. The number of rotatable bonds is 3. The van der Waals surface area contributed by atoms with Crippen LogP contribution in [0.15, 0.2) is 30.7 Å². The smallest absolute Gasteiger partial charge is 0.128 e. The fourth-order valence-electron chi connectivity index (χ4n) is 1.82. The van der Waals surface area contributed by atoms with Crippen molar-refractivity contribution in [2.75, 3.05) is 7.05 Å². The van der Waals surface area contributed by atoms with Gasteiger partial charge in [-0.2, -0.15) is 0 Å². The van der Waals surface area contributed by atoms with E-state index in [0.29, 0.717) is 5.56 Å². The predicted octanol–water partition coefficient (Wildman–Crippen LogP) is 2.77. The number of imidazole rings is 1. The average molecular weight is 247 g/mol. The second-order valence-corrected chi connectivity index (χ2v) is 4.96. The molecule has 0 bridgehead atoms. The summed E-state index contributed by atoms with van der Waals surface area (Å²) in [5.41, 5.74) is 2.20. The maximum Gasteiger partial charge on any atom is 0.128 e. The number of nitrogens with one attached hydrogen (secondary N) is 1. The van der Waals surface area contributed by atoms with Crippen LogP contribution in [0.25, 0.3) is 5.69 Å². The van der Waals surface area contributed by atoms with Crippen LogP contribution in [-0.4, -0.2) is 16.6 Å². The Morgan fingerprint density at radius 1 is 1.33 bits per heavy atom. The number of aryl methyl sites for hydroxylation is 1. The fourth-order valence-corrected chi connectivity index (χ4v) is 1.82. The van der Waals surface area contributed by atoms with E-state index in [1.54, 1.807) is 25.5 Å². The Labute approximate surface area is 107 Å². The normalized spacial score (nSPS) is 11.8. The highest BCUT2D eigenvalue weighted by Crippen LogP contribution is 2.23. The lowest BCUT2D eigenvalue weighted by Crippen LogP contribution is -2.35. The largest absolute Gasteiger partial charge is 0.310 e. The lowest BCUT2D eigenvalue weighted by molar-refractivity contribution is 0.424. The maximum atomic E-state index is 13.6. The van der Waals surface area contributed by atoms with Crippen molar-refractivity contribution in [1.82, 2.24) is 14.9 Å². The lowest BCUT2D eigenvalue weighted by Gasteiger charge is -2.25. The standard InChI is InChI=1S/C14H18FN3/c1-10-5-6-11(7-12(10)15)18-9-17-8-13(18)14(2,3)16-4/h5-9,16H,1-4H3. The van der Waals surface area contributed by atoms with Crippen molar-refractivity contribution in [3.05, 3.63) is 47.8 Å². The van der Waals surface area contributed by atoms with E-state index >= 15 is 0 Å². The van der Waals surface area contributed by atoms with Gasteiger partial charge in [-0.1, -0.05) is 6.07 Å². The van der Waals surface area contributed by atoms with E-state index in [1.165, 1.54) is 6.07 Å². The van der Waals surface area contributed by atoms with E-state index in [-0.39, 0.29) is 11.4 Å². The van der Waals surface area contributed by atoms with Crippen LogP contribution < -0.4 is 5.32 Å². The first kappa shape index (κ1) is 12.8. The summed E-state index contributed by atoms with van der Waals surface area (Å²) in [5, 5.41) is 3.23. The summed E-state index contributed by atoms with van der Waals surface area (Å²) in [4.78, 5) is 4.17. The summed E-state index contributed by atoms with van der Waals surface area (Å²) < 4.78 is 15.5. The second kappa shape index (κ2) is 4.53. The van der Waals surface area contributed by atoms with Gasteiger partial charge in [0.1, 0.15) is 5.82 Å². The van der Waals surface area contributed by atoms with Gasteiger partial charge in [-0.15, -0.1) is 0 Å².